The molecule has 21 heavy (non-hydrogen) atoms. The Morgan fingerprint density at radius 2 is 2.19 bits per heavy atom. The van der Waals surface area contributed by atoms with E-state index in [9.17, 15) is 8.42 Å². The quantitative estimate of drug-likeness (QED) is 0.788. The third-order valence-corrected chi connectivity index (χ3v) is 7.30. The number of halogens is 1. The molecule has 2 aromatic heterocycles. The number of hydrogen-bond acceptors (Lipinski definition) is 5. The summed E-state index contributed by atoms with van der Waals surface area (Å²) >= 11 is 7.21. The van der Waals surface area contributed by atoms with Gasteiger partial charge in [-0.1, -0.05) is 17.7 Å². The maximum atomic E-state index is 12.9. The highest BCUT2D eigenvalue weighted by Gasteiger charge is 2.43. The molecule has 5 nitrogen and oxygen atoms in total. The molecule has 2 bridgehead atoms. The molecule has 2 aromatic rings. The zero-order valence-corrected chi connectivity index (χ0v) is 13.3. The molecule has 0 unspecified atom stereocenters. The fraction of sp³-hybridized carbons (Fsp3) is 0.308. The molecule has 1 atom stereocenters. The van der Waals surface area contributed by atoms with E-state index in [0.29, 0.717) is 21.7 Å². The lowest BCUT2D eigenvalue weighted by molar-refractivity contribution is 0.579. The van der Waals surface area contributed by atoms with E-state index in [4.69, 9.17) is 11.6 Å². The average molecular weight is 342 g/mol. The van der Waals surface area contributed by atoms with E-state index in [2.05, 4.69) is 9.88 Å². The van der Waals surface area contributed by atoms with E-state index in [1.165, 1.54) is 15.6 Å². The zero-order valence-electron chi connectivity index (χ0n) is 10.9. The number of fused-ring (bicyclic) bond motifs is 4. The normalized spacial score (nSPS) is 20.7. The third kappa shape index (κ3) is 1.95. The number of pyridine rings is 1. The number of sulfonamides is 1. The second kappa shape index (κ2) is 4.59. The van der Waals surface area contributed by atoms with Crippen LogP contribution in [0.4, 0.5) is 11.5 Å². The SMILES string of the molecule is O=S(=O)(c1cccs1)N1c2nc(Cl)ccc2N2CC[C@H]1C2. The predicted molar refractivity (Wildman–Crippen MR) is 83.8 cm³/mol. The molecule has 2 aliphatic rings. The molecule has 0 N–H and O–H groups in total. The molecule has 0 spiro atoms. The van der Waals surface area contributed by atoms with Gasteiger partial charge in [-0.2, -0.15) is 0 Å². The van der Waals surface area contributed by atoms with Gasteiger partial charge in [0.15, 0.2) is 5.82 Å². The largest absolute Gasteiger partial charge is 0.366 e. The van der Waals surface area contributed by atoms with E-state index < -0.39 is 10.0 Å². The average Bonchev–Trinajstić information content (AvgIpc) is 3.09. The second-order valence-corrected chi connectivity index (χ2v) is 8.47. The summed E-state index contributed by atoms with van der Waals surface area (Å²) in [6.07, 6.45) is 0.804. The van der Waals surface area contributed by atoms with E-state index in [-0.39, 0.29) is 6.04 Å². The first kappa shape index (κ1) is 13.4. The van der Waals surface area contributed by atoms with Gasteiger partial charge < -0.3 is 4.90 Å². The first-order valence-electron chi connectivity index (χ1n) is 6.57. The standard InChI is InChI=1S/C13H12ClN3O2S2/c14-11-4-3-10-13(15-11)17(9-5-6-16(10)8-9)21(18,19)12-2-1-7-20-12/h1-4,7,9H,5-6,8H2/t9-/m0/s1. The van der Waals surface area contributed by atoms with Gasteiger partial charge in [0.1, 0.15) is 9.36 Å². The summed E-state index contributed by atoms with van der Waals surface area (Å²) in [6.45, 7) is 1.55. The molecule has 8 heteroatoms. The van der Waals surface area contributed by atoms with Gasteiger partial charge in [-0.3, -0.25) is 0 Å². The van der Waals surface area contributed by atoms with Gasteiger partial charge >= 0.3 is 0 Å². The summed E-state index contributed by atoms with van der Waals surface area (Å²) in [5.74, 6) is 0.449. The number of aromatic nitrogens is 1. The van der Waals surface area contributed by atoms with E-state index in [1.807, 2.05) is 6.07 Å². The molecule has 0 aliphatic carbocycles. The van der Waals surface area contributed by atoms with Gasteiger partial charge in [-0.15, -0.1) is 11.3 Å². The third-order valence-electron chi connectivity index (χ3n) is 3.87. The Balaban J connectivity index is 1.92. The summed E-state index contributed by atoms with van der Waals surface area (Å²) < 4.78 is 27.7. The number of anilines is 2. The summed E-state index contributed by atoms with van der Waals surface area (Å²) in [6, 6.07) is 6.86. The van der Waals surface area contributed by atoms with Crippen LogP contribution >= 0.6 is 22.9 Å². The summed E-state index contributed by atoms with van der Waals surface area (Å²) in [5.41, 5.74) is 0.841. The monoisotopic (exact) mass is 341 g/mol. The molecule has 1 fully saturated rings. The minimum Gasteiger partial charge on any atom is -0.366 e. The van der Waals surface area contributed by atoms with Gasteiger partial charge in [0.2, 0.25) is 0 Å². The van der Waals surface area contributed by atoms with Crippen molar-refractivity contribution in [2.45, 2.75) is 16.7 Å². The maximum absolute atomic E-state index is 12.9. The van der Waals surface area contributed by atoms with Crippen LogP contribution < -0.4 is 9.21 Å². The Morgan fingerprint density at radius 3 is 2.95 bits per heavy atom. The lowest BCUT2D eigenvalue weighted by atomic mass is 10.2. The predicted octanol–water partition coefficient (Wildman–Crippen LogP) is 2.58. The molecule has 110 valence electrons. The Morgan fingerprint density at radius 1 is 1.33 bits per heavy atom. The lowest BCUT2D eigenvalue weighted by Crippen LogP contribution is -2.46. The van der Waals surface area contributed by atoms with E-state index >= 15 is 0 Å². The topological polar surface area (TPSA) is 53.5 Å². The van der Waals surface area contributed by atoms with Crippen molar-refractivity contribution in [2.75, 3.05) is 22.3 Å². The zero-order chi connectivity index (χ0) is 14.6. The van der Waals surface area contributed by atoms with Crippen LogP contribution in [-0.4, -0.2) is 32.5 Å². The minimum absolute atomic E-state index is 0.0735. The van der Waals surface area contributed by atoms with Crippen LogP contribution in [0.5, 0.6) is 0 Å². The van der Waals surface area contributed by atoms with Crippen molar-refractivity contribution >= 4 is 44.5 Å². The molecule has 0 radical (unpaired) electrons. The van der Waals surface area contributed by atoms with Gasteiger partial charge in [-0.25, -0.2) is 17.7 Å². The van der Waals surface area contributed by atoms with Crippen molar-refractivity contribution in [3.8, 4) is 0 Å². The highest BCUT2D eigenvalue weighted by molar-refractivity contribution is 7.94. The lowest BCUT2D eigenvalue weighted by Gasteiger charge is -2.35. The van der Waals surface area contributed by atoms with Gasteiger partial charge in [0.05, 0.1) is 11.7 Å². The van der Waals surface area contributed by atoms with Crippen LogP contribution in [0.1, 0.15) is 6.42 Å². The van der Waals surface area contributed by atoms with Crippen molar-refractivity contribution < 1.29 is 8.42 Å². The molecule has 0 amide bonds. The van der Waals surface area contributed by atoms with E-state index in [1.54, 1.807) is 23.6 Å². The van der Waals surface area contributed by atoms with Crippen LogP contribution in [0.25, 0.3) is 0 Å². The number of thiophene rings is 1. The van der Waals surface area contributed by atoms with Crippen molar-refractivity contribution in [2.24, 2.45) is 0 Å². The fourth-order valence-corrected chi connectivity index (χ4v) is 5.83. The first-order chi connectivity index (χ1) is 10.1. The first-order valence-corrected chi connectivity index (χ1v) is 9.26. The van der Waals surface area contributed by atoms with Crippen LogP contribution in [0.15, 0.2) is 33.9 Å². The van der Waals surface area contributed by atoms with Crippen LogP contribution in [0.2, 0.25) is 5.15 Å². The van der Waals surface area contributed by atoms with Crippen molar-refractivity contribution in [3.63, 3.8) is 0 Å². The maximum Gasteiger partial charge on any atom is 0.275 e. The molecule has 1 saturated heterocycles. The Bertz CT molecular complexity index is 792. The highest BCUT2D eigenvalue weighted by Crippen LogP contribution is 2.42. The van der Waals surface area contributed by atoms with Gasteiger partial charge in [-0.05, 0) is 30.0 Å². The van der Waals surface area contributed by atoms with Crippen molar-refractivity contribution in [1.82, 2.24) is 4.98 Å². The molecule has 0 aromatic carbocycles. The van der Waals surface area contributed by atoms with Crippen LogP contribution in [-0.2, 0) is 10.0 Å². The Hall–Kier alpha value is -1.31. The Labute approximate surface area is 131 Å². The highest BCUT2D eigenvalue weighted by atomic mass is 35.5. The summed E-state index contributed by atoms with van der Waals surface area (Å²) in [5, 5.41) is 2.08. The van der Waals surface area contributed by atoms with E-state index in [0.717, 1.165) is 18.7 Å². The molecular weight excluding hydrogens is 330 g/mol. The number of nitrogens with zero attached hydrogens (tertiary/aromatic N) is 3. The molecule has 0 saturated carbocycles. The summed E-state index contributed by atoms with van der Waals surface area (Å²) in [4.78, 5) is 6.46. The smallest absolute Gasteiger partial charge is 0.275 e. The molecule has 4 heterocycles. The van der Waals surface area contributed by atoms with Crippen molar-refractivity contribution in [1.29, 1.82) is 0 Å². The second-order valence-electron chi connectivity index (χ2n) is 5.10. The Kier molecular flexibility index (Phi) is 2.92. The van der Waals surface area contributed by atoms with Crippen LogP contribution in [0, 0.1) is 0 Å². The fourth-order valence-electron chi connectivity index (χ4n) is 2.97. The minimum atomic E-state index is -3.58. The number of rotatable bonds is 2. The van der Waals surface area contributed by atoms with Crippen molar-refractivity contribution in [3.05, 3.63) is 34.8 Å². The number of hydrogen-bond donors (Lipinski definition) is 0. The molecule has 2 aliphatic heterocycles. The molecular formula is C13H12ClN3O2S2. The van der Waals surface area contributed by atoms with Crippen LogP contribution in [0.3, 0.4) is 0 Å². The molecule has 4 rings (SSSR count). The summed E-state index contributed by atoms with van der Waals surface area (Å²) in [7, 11) is -3.58. The van der Waals surface area contributed by atoms with Gasteiger partial charge in [0, 0.05) is 13.1 Å². The van der Waals surface area contributed by atoms with Gasteiger partial charge in [0.25, 0.3) is 10.0 Å².